The van der Waals surface area contributed by atoms with E-state index in [9.17, 15) is 28.8 Å². The van der Waals surface area contributed by atoms with E-state index in [0.717, 1.165) is 12.8 Å². The number of imidazole rings is 3. The summed E-state index contributed by atoms with van der Waals surface area (Å²) in [5.41, 5.74) is 1.03. The predicted octanol–water partition coefficient (Wildman–Crippen LogP) is 1.37. The highest BCUT2D eigenvalue weighted by atomic mass is 16.2. The molecule has 0 radical (unpaired) electrons. The fourth-order valence-corrected chi connectivity index (χ4v) is 5.95. The number of carbonyl (C=O) groups excluding carboxylic acids is 6. The van der Waals surface area contributed by atoms with Crippen molar-refractivity contribution in [1.29, 1.82) is 0 Å². The zero-order valence-corrected chi connectivity index (χ0v) is 31.0. The van der Waals surface area contributed by atoms with Crippen LogP contribution in [0.4, 0.5) is 23.0 Å². The van der Waals surface area contributed by atoms with E-state index >= 15 is 0 Å². The Morgan fingerprint density at radius 3 is 1.85 bits per heavy atom. The van der Waals surface area contributed by atoms with Gasteiger partial charge in [-0.15, -0.1) is 0 Å². The molecule has 0 spiro atoms. The van der Waals surface area contributed by atoms with Crippen LogP contribution in [-0.2, 0) is 44.8 Å². The number of aromatic nitrogens is 8. The zero-order valence-electron chi connectivity index (χ0n) is 31.0. The molecule has 5 aromatic heterocycles. The summed E-state index contributed by atoms with van der Waals surface area (Å²) in [6.45, 7) is 0.335. The molecule has 288 valence electrons. The largest absolute Gasteiger partial charge is 0.350 e. The topological polar surface area (TPSA) is 238 Å². The van der Waals surface area contributed by atoms with Crippen LogP contribution in [0.25, 0.3) is 0 Å². The van der Waals surface area contributed by atoms with Crippen molar-refractivity contribution in [3.05, 3.63) is 78.7 Å². The van der Waals surface area contributed by atoms with Gasteiger partial charge in [-0.05, 0) is 30.4 Å². The molecule has 0 atom stereocenters. The van der Waals surface area contributed by atoms with Crippen molar-refractivity contribution in [3.63, 3.8) is 0 Å². The number of anilines is 4. The summed E-state index contributed by atoms with van der Waals surface area (Å²) < 4.78 is 7.89. The van der Waals surface area contributed by atoms with E-state index in [1.807, 2.05) is 7.05 Å². The number of aryl methyl sites for hydroxylation is 5. The summed E-state index contributed by atoms with van der Waals surface area (Å²) >= 11 is 0. The molecular weight excluding hydrogens is 712 g/mol. The summed E-state index contributed by atoms with van der Waals surface area (Å²) in [6.07, 6.45) is 12.9. The molecule has 1 saturated carbocycles. The minimum Gasteiger partial charge on any atom is -0.350 e. The second-order valence-corrected chi connectivity index (χ2v) is 13.7. The van der Waals surface area contributed by atoms with Gasteiger partial charge in [0.25, 0.3) is 23.6 Å². The lowest BCUT2D eigenvalue weighted by Crippen LogP contribution is -2.33. The van der Waals surface area contributed by atoms with E-state index in [2.05, 4.69) is 46.9 Å². The number of nitrogens with zero attached hydrogens (tertiary/aromatic N) is 8. The van der Waals surface area contributed by atoms with E-state index in [-0.39, 0.29) is 59.8 Å². The van der Waals surface area contributed by atoms with Crippen LogP contribution in [0.2, 0.25) is 0 Å². The predicted molar refractivity (Wildman–Crippen MR) is 199 cm³/mol. The third-order valence-corrected chi connectivity index (χ3v) is 9.09. The van der Waals surface area contributed by atoms with Crippen LogP contribution in [0.15, 0.2) is 55.6 Å². The molecule has 1 aliphatic carbocycles. The van der Waals surface area contributed by atoms with E-state index in [4.69, 9.17) is 0 Å². The molecule has 0 bridgehead atoms. The van der Waals surface area contributed by atoms with Crippen LogP contribution in [0, 0.1) is 5.41 Å². The van der Waals surface area contributed by atoms with Crippen LogP contribution in [-0.4, -0.2) is 86.3 Å². The van der Waals surface area contributed by atoms with Gasteiger partial charge in [-0.2, -0.15) is 0 Å². The van der Waals surface area contributed by atoms with Crippen LogP contribution in [0.3, 0.4) is 0 Å². The molecule has 20 nitrogen and oxygen atoms in total. The molecule has 6 rings (SSSR count). The molecule has 55 heavy (non-hydrogen) atoms. The summed E-state index contributed by atoms with van der Waals surface area (Å²) in [4.78, 5) is 89.0. The van der Waals surface area contributed by atoms with Crippen molar-refractivity contribution in [2.24, 2.45) is 40.7 Å². The van der Waals surface area contributed by atoms with Crippen molar-refractivity contribution in [2.75, 3.05) is 34.4 Å². The maximum Gasteiger partial charge on any atom is 0.291 e. The molecule has 0 aromatic carbocycles. The minimum atomic E-state index is -0.568. The van der Waals surface area contributed by atoms with E-state index in [1.54, 1.807) is 77.6 Å². The Kier molecular flexibility index (Phi) is 10.7. The number of rotatable bonds is 15. The molecular formula is C35H42N14O6. The standard InChI is InChI=1S/C35H42N14O6/c1-45-17-25(39-20-45)42-28(51)14-35(7-8-35)19-38-32(53)24-13-22(16-48(24)4)41-34(55)30-44-26(18-49(30)5)43-27(50)6-9-37-31(52)23-12-21(15-47(23)3)40-33(54)29-36-10-11-46(29)2/h10-13,15-18,20H,6-9,14,19H2,1-5H3,(H,37,52)(H,38,53)(H,40,54)(H,41,55)(H,42,51)(H,43,50). The van der Waals surface area contributed by atoms with Gasteiger partial charge >= 0.3 is 0 Å². The highest BCUT2D eigenvalue weighted by Crippen LogP contribution is 2.48. The molecule has 5 heterocycles. The first kappa shape index (κ1) is 37.8. The third-order valence-electron chi connectivity index (χ3n) is 9.09. The van der Waals surface area contributed by atoms with Gasteiger partial charge in [0, 0.05) is 98.4 Å². The van der Waals surface area contributed by atoms with Crippen molar-refractivity contribution >= 4 is 58.5 Å². The molecule has 0 saturated heterocycles. The van der Waals surface area contributed by atoms with Gasteiger partial charge < -0.3 is 54.7 Å². The van der Waals surface area contributed by atoms with Crippen LogP contribution < -0.4 is 31.9 Å². The van der Waals surface area contributed by atoms with Crippen molar-refractivity contribution in [1.82, 2.24) is 48.4 Å². The average Bonchev–Trinajstić information content (AvgIpc) is 3.63. The quantitative estimate of drug-likeness (QED) is 0.0904. The summed E-state index contributed by atoms with van der Waals surface area (Å²) in [7, 11) is 8.43. The van der Waals surface area contributed by atoms with Crippen LogP contribution in [0.5, 0.6) is 0 Å². The lowest BCUT2D eigenvalue weighted by Gasteiger charge is -2.15. The van der Waals surface area contributed by atoms with E-state index < -0.39 is 23.6 Å². The van der Waals surface area contributed by atoms with Crippen molar-refractivity contribution in [2.45, 2.75) is 25.7 Å². The smallest absolute Gasteiger partial charge is 0.291 e. The summed E-state index contributed by atoms with van der Waals surface area (Å²) in [5.74, 6) is -1.57. The highest BCUT2D eigenvalue weighted by Gasteiger charge is 2.44. The van der Waals surface area contributed by atoms with Gasteiger partial charge in [-0.1, -0.05) is 0 Å². The van der Waals surface area contributed by atoms with Gasteiger partial charge in [0.2, 0.25) is 17.6 Å². The Morgan fingerprint density at radius 2 is 1.27 bits per heavy atom. The first-order valence-electron chi connectivity index (χ1n) is 17.3. The Balaban J connectivity index is 0.946. The Bertz CT molecular complexity index is 2280. The lowest BCUT2D eigenvalue weighted by molar-refractivity contribution is -0.117. The highest BCUT2D eigenvalue weighted by molar-refractivity contribution is 6.04. The fourth-order valence-electron chi connectivity index (χ4n) is 5.95. The van der Waals surface area contributed by atoms with Gasteiger partial charge in [0.05, 0.1) is 17.7 Å². The molecule has 6 N–H and O–H groups in total. The second kappa shape index (κ2) is 15.5. The monoisotopic (exact) mass is 754 g/mol. The van der Waals surface area contributed by atoms with Gasteiger partial charge in [0.15, 0.2) is 17.5 Å². The average molecular weight is 755 g/mol. The van der Waals surface area contributed by atoms with Crippen LogP contribution in [0.1, 0.15) is 67.9 Å². The first-order valence-corrected chi connectivity index (χ1v) is 17.3. The summed E-state index contributed by atoms with van der Waals surface area (Å²) in [5, 5.41) is 16.4. The Morgan fingerprint density at radius 1 is 0.655 bits per heavy atom. The molecule has 1 aliphatic rings. The Labute approximate surface area is 314 Å². The third kappa shape index (κ3) is 9.15. The number of hydrogen-bond donors (Lipinski definition) is 6. The Hall–Kier alpha value is -6.99. The number of carbonyl (C=O) groups is 6. The molecule has 0 unspecified atom stereocenters. The number of hydrogen-bond acceptors (Lipinski definition) is 9. The molecule has 5 aromatic rings. The van der Waals surface area contributed by atoms with E-state index in [0.29, 0.717) is 29.4 Å². The molecule has 20 heteroatoms. The van der Waals surface area contributed by atoms with E-state index in [1.165, 1.54) is 29.1 Å². The molecule has 1 fully saturated rings. The second-order valence-electron chi connectivity index (χ2n) is 13.7. The number of amides is 6. The van der Waals surface area contributed by atoms with Crippen molar-refractivity contribution in [3.8, 4) is 0 Å². The van der Waals surface area contributed by atoms with Gasteiger partial charge in [-0.3, -0.25) is 28.8 Å². The molecule has 0 aliphatic heterocycles. The normalized spacial score (nSPS) is 12.8. The van der Waals surface area contributed by atoms with Crippen LogP contribution >= 0.6 is 0 Å². The van der Waals surface area contributed by atoms with Gasteiger partial charge in [0.1, 0.15) is 11.4 Å². The minimum absolute atomic E-state index is 0.00706. The number of nitrogens with one attached hydrogen (secondary N) is 6. The maximum absolute atomic E-state index is 13.1. The zero-order chi connectivity index (χ0) is 39.4. The van der Waals surface area contributed by atoms with Gasteiger partial charge in [-0.25, -0.2) is 15.0 Å². The van der Waals surface area contributed by atoms with Crippen molar-refractivity contribution < 1.29 is 28.8 Å². The first-order chi connectivity index (χ1) is 26.2. The fraction of sp³-hybridized carbons (Fsp3) is 0.343. The maximum atomic E-state index is 13.1. The molecule has 6 amide bonds. The summed E-state index contributed by atoms with van der Waals surface area (Å²) in [6, 6.07) is 3.05. The SMILES string of the molecule is Cn1cnc(NC(=O)CC2(CNC(=O)c3cc(NC(=O)c4nc(NC(=O)CCNC(=O)c5cc(NC(=O)c6nccn6C)cn5C)cn4C)cn3C)CC2)c1. The lowest BCUT2D eigenvalue weighted by atomic mass is 10.0.